The SMILES string of the molecule is Cc1cccc(Cl)c1S(=O)(=O)N1c2ccccc2OCC1COCC(=O)O.Cc1cccc(Cl)c1S(=O)(=O)N1c2ccccc2OCC1COCC(=O)OC(C)(C)C. The van der Waals surface area contributed by atoms with E-state index in [1.165, 1.54) is 14.7 Å². The molecule has 6 rings (SSSR count). The van der Waals surface area contributed by atoms with Crippen molar-refractivity contribution in [1.29, 1.82) is 0 Å². The molecule has 0 saturated carbocycles. The van der Waals surface area contributed by atoms with Crippen LogP contribution in [0.25, 0.3) is 0 Å². The Hall–Kier alpha value is -4.58. The summed E-state index contributed by atoms with van der Waals surface area (Å²) in [5.41, 5.74) is 1.15. The summed E-state index contributed by atoms with van der Waals surface area (Å²) in [6.07, 6.45) is 0. The number of aryl methyl sites for hydroxylation is 2. The lowest BCUT2D eigenvalue weighted by atomic mass is 10.2. The Morgan fingerprint density at radius 3 is 1.50 bits per heavy atom. The van der Waals surface area contributed by atoms with E-state index in [1.807, 2.05) is 0 Å². The number of carboxylic acids is 1. The van der Waals surface area contributed by atoms with Crippen LogP contribution in [0.1, 0.15) is 31.9 Å². The zero-order valence-corrected chi connectivity index (χ0v) is 35.5. The van der Waals surface area contributed by atoms with Gasteiger partial charge >= 0.3 is 11.9 Å². The highest BCUT2D eigenvalue weighted by Crippen LogP contribution is 2.41. The molecule has 0 aromatic heterocycles. The van der Waals surface area contributed by atoms with Gasteiger partial charge in [0.15, 0.2) is 0 Å². The van der Waals surface area contributed by atoms with Gasteiger partial charge in [0, 0.05) is 0 Å². The Labute approximate surface area is 348 Å². The zero-order valence-electron chi connectivity index (χ0n) is 32.4. The summed E-state index contributed by atoms with van der Waals surface area (Å²) in [7, 11) is -8.08. The maximum atomic E-state index is 13.7. The van der Waals surface area contributed by atoms with Crippen molar-refractivity contribution in [3.8, 4) is 11.5 Å². The van der Waals surface area contributed by atoms with E-state index in [0.717, 1.165) is 0 Å². The van der Waals surface area contributed by atoms with Crippen LogP contribution in [0.3, 0.4) is 0 Å². The molecule has 0 amide bonds. The Morgan fingerprint density at radius 2 is 1.10 bits per heavy atom. The predicted octanol–water partition coefficient (Wildman–Crippen LogP) is 6.67. The van der Waals surface area contributed by atoms with Crippen LogP contribution < -0.4 is 18.1 Å². The third kappa shape index (κ3) is 10.3. The molecule has 2 aliphatic heterocycles. The van der Waals surface area contributed by atoms with Gasteiger partial charge in [-0.25, -0.2) is 26.4 Å². The van der Waals surface area contributed by atoms with Crippen LogP contribution in [0.2, 0.25) is 10.0 Å². The van der Waals surface area contributed by atoms with Gasteiger partial charge in [0.25, 0.3) is 20.0 Å². The third-order valence-corrected chi connectivity index (χ3v) is 13.6. The van der Waals surface area contributed by atoms with Crippen molar-refractivity contribution in [2.45, 2.75) is 62.1 Å². The van der Waals surface area contributed by atoms with Crippen LogP contribution in [0.4, 0.5) is 11.4 Å². The molecule has 2 atom stereocenters. The molecule has 1 N–H and O–H groups in total. The Balaban J connectivity index is 0.000000223. The summed E-state index contributed by atoms with van der Waals surface area (Å²) in [4.78, 5) is 22.7. The third-order valence-electron chi connectivity index (χ3n) is 8.58. The first-order valence-corrected chi connectivity index (χ1v) is 21.6. The van der Waals surface area contributed by atoms with Gasteiger partial charge in [-0.15, -0.1) is 0 Å². The lowest BCUT2D eigenvalue weighted by Crippen LogP contribution is -2.49. The van der Waals surface area contributed by atoms with Crippen LogP contribution in [0.15, 0.2) is 94.7 Å². The lowest BCUT2D eigenvalue weighted by molar-refractivity contribution is -0.160. The molecule has 0 aliphatic carbocycles. The minimum absolute atomic E-state index is 0.00612. The maximum Gasteiger partial charge on any atom is 0.332 e. The summed E-state index contributed by atoms with van der Waals surface area (Å²) in [5.74, 6) is -0.802. The fourth-order valence-electron chi connectivity index (χ4n) is 6.32. The van der Waals surface area contributed by atoms with Gasteiger partial charge in [-0.1, -0.05) is 71.7 Å². The van der Waals surface area contributed by atoms with E-state index in [9.17, 15) is 26.4 Å². The van der Waals surface area contributed by atoms with Gasteiger partial charge in [-0.3, -0.25) is 8.61 Å². The molecule has 312 valence electrons. The quantitative estimate of drug-likeness (QED) is 0.150. The fraction of sp³-hybridized carbons (Fsp3) is 0.350. The van der Waals surface area contributed by atoms with Gasteiger partial charge in [0.1, 0.15) is 65.4 Å². The number of sulfonamides is 2. The summed E-state index contributed by atoms with van der Waals surface area (Å²) < 4.78 is 84.3. The first-order chi connectivity index (χ1) is 27.3. The normalized spacial score (nSPS) is 16.5. The first kappa shape index (κ1) is 44.5. The number of fused-ring (bicyclic) bond motifs is 2. The molecule has 2 aliphatic rings. The number of nitrogens with zero attached hydrogens (tertiary/aromatic N) is 2. The van der Waals surface area contributed by atoms with Crippen molar-refractivity contribution in [3.63, 3.8) is 0 Å². The molecule has 2 unspecified atom stereocenters. The molecular weight excluding hydrogens is 835 g/mol. The monoisotopic (exact) mass is 878 g/mol. The van der Waals surface area contributed by atoms with Crippen LogP contribution in [-0.4, -0.2) is 91.2 Å². The highest BCUT2D eigenvalue weighted by Gasteiger charge is 2.40. The van der Waals surface area contributed by atoms with Crippen molar-refractivity contribution in [3.05, 3.63) is 106 Å². The minimum Gasteiger partial charge on any atom is -0.489 e. The summed E-state index contributed by atoms with van der Waals surface area (Å²) in [5, 5.41) is 9.02. The van der Waals surface area contributed by atoms with Gasteiger partial charge in [-0.05, 0) is 82.1 Å². The molecule has 4 aromatic carbocycles. The molecular formula is C40H44Cl2N2O12S2. The number of carbonyl (C=O) groups excluding carboxylic acids is 1. The number of carbonyl (C=O) groups is 2. The number of hydrogen-bond donors (Lipinski definition) is 1. The molecule has 4 aromatic rings. The highest BCUT2D eigenvalue weighted by molar-refractivity contribution is 7.93. The fourth-order valence-corrected chi connectivity index (χ4v) is 11.2. The van der Waals surface area contributed by atoms with Gasteiger partial charge in [0.05, 0.1) is 34.6 Å². The zero-order chi connectivity index (χ0) is 42.4. The second-order valence-corrected chi connectivity index (χ2v) is 18.6. The molecule has 18 heteroatoms. The van der Waals surface area contributed by atoms with Gasteiger partial charge < -0.3 is 28.8 Å². The molecule has 0 radical (unpaired) electrons. The second-order valence-electron chi connectivity index (χ2n) is 14.2. The lowest BCUT2D eigenvalue weighted by Gasteiger charge is -2.37. The van der Waals surface area contributed by atoms with Crippen LogP contribution >= 0.6 is 23.2 Å². The van der Waals surface area contributed by atoms with E-state index in [2.05, 4.69) is 0 Å². The molecule has 0 spiro atoms. The van der Waals surface area contributed by atoms with E-state index < -0.39 is 56.3 Å². The second kappa shape index (κ2) is 18.6. The number of halogens is 2. The topological polar surface area (TPSA) is 175 Å². The first-order valence-electron chi connectivity index (χ1n) is 17.9. The van der Waals surface area contributed by atoms with E-state index >= 15 is 0 Å². The van der Waals surface area contributed by atoms with E-state index in [4.69, 9.17) is 52.0 Å². The van der Waals surface area contributed by atoms with Crippen LogP contribution in [0, 0.1) is 13.8 Å². The maximum absolute atomic E-state index is 13.7. The van der Waals surface area contributed by atoms with E-state index in [0.29, 0.717) is 34.0 Å². The number of ether oxygens (including phenoxy) is 5. The highest BCUT2D eigenvalue weighted by atomic mass is 35.5. The molecule has 0 fully saturated rings. The van der Waals surface area contributed by atoms with E-state index in [-0.39, 0.29) is 52.9 Å². The van der Waals surface area contributed by atoms with Crippen LogP contribution in [-0.2, 0) is 43.8 Å². The number of benzene rings is 4. The molecule has 2 heterocycles. The number of aliphatic carboxylic acids is 1. The van der Waals surface area contributed by atoms with E-state index in [1.54, 1.807) is 113 Å². The minimum atomic E-state index is -4.04. The Kier molecular flexibility index (Phi) is 14.2. The summed E-state index contributed by atoms with van der Waals surface area (Å²) in [6.45, 7) is 7.71. The van der Waals surface area contributed by atoms with Crippen molar-refractivity contribution in [2.75, 3.05) is 48.3 Å². The standard InChI is InChI=1S/C22H26ClNO6S.C18H18ClNO6S/c1-15-8-7-9-17(23)21(15)31(26,27)24-16(12-28-14-20(25)30-22(2,3)4)13-29-19-11-6-5-10-18(19)24;1-12-5-4-6-14(19)18(12)27(23,24)20-13(9-25-11-17(21)22)10-26-16-8-3-2-7-15(16)20/h5-11,16H,12-14H2,1-4H3;2-8,13H,9-11H2,1H3,(H,21,22). The number of para-hydroxylation sites is 4. The summed E-state index contributed by atoms with van der Waals surface area (Å²) in [6, 6.07) is 22.0. The predicted molar refractivity (Wildman–Crippen MR) is 218 cm³/mol. The number of carboxylic acid groups (broad SMARTS) is 1. The van der Waals surface area contributed by atoms with Gasteiger partial charge in [0.2, 0.25) is 0 Å². The molecule has 0 saturated heterocycles. The number of anilines is 2. The molecule has 0 bridgehead atoms. The van der Waals surface area contributed by atoms with Crippen molar-refractivity contribution >= 4 is 66.6 Å². The Morgan fingerprint density at radius 1 is 0.690 bits per heavy atom. The van der Waals surface area contributed by atoms with Crippen molar-refractivity contribution in [1.82, 2.24) is 0 Å². The molecule has 14 nitrogen and oxygen atoms in total. The van der Waals surface area contributed by atoms with Crippen LogP contribution in [0.5, 0.6) is 11.5 Å². The smallest absolute Gasteiger partial charge is 0.332 e. The average molecular weight is 880 g/mol. The number of hydrogen-bond acceptors (Lipinski definition) is 11. The molecule has 58 heavy (non-hydrogen) atoms. The van der Waals surface area contributed by atoms with Gasteiger partial charge in [-0.2, -0.15) is 0 Å². The average Bonchev–Trinajstić information content (AvgIpc) is 3.13. The van der Waals surface area contributed by atoms with Crippen molar-refractivity contribution < 1.29 is 55.2 Å². The van der Waals surface area contributed by atoms with Crippen molar-refractivity contribution in [2.24, 2.45) is 0 Å². The number of esters is 1. The summed E-state index contributed by atoms with van der Waals surface area (Å²) >= 11 is 12.5. The largest absolute Gasteiger partial charge is 0.489 e. The Bertz CT molecular complexity index is 2310. The number of rotatable bonds is 12.